The molecule has 106 valence electrons. The first-order valence-corrected chi connectivity index (χ1v) is 6.50. The lowest BCUT2D eigenvalue weighted by Crippen LogP contribution is -2.29. The number of aliphatic hydroxyl groups excluding tert-OH is 1. The monoisotopic (exact) mass is 274 g/mol. The molecule has 1 aromatic heterocycles. The zero-order chi connectivity index (χ0) is 14.2. The Hall–Kier alpha value is -2.34. The zero-order valence-electron chi connectivity index (χ0n) is 11.1. The number of anilines is 1. The molecule has 6 nitrogen and oxygen atoms in total. The molecule has 6 heteroatoms. The summed E-state index contributed by atoms with van der Waals surface area (Å²) in [4.78, 5) is 11.5. The van der Waals surface area contributed by atoms with E-state index in [-0.39, 0.29) is 12.6 Å². The molecular formula is C14H18N4O2. The number of hydrogen-bond donors (Lipinski definition) is 3. The van der Waals surface area contributed by atoms with E-state index in [4.69, 9.17) is 5.11 Å². The van der Waals surface area contributed by atoms with E-state index in [0.717, 1.165) is 5.56 Å². The van der Waals surface area contributed by atoms with Crippen molar-refractivity contribution < 1.29 is 9.90 Å². The van der Waals surface area contributed by atoms with Gasteiger partial charge >= 0.3 is 6.03 Å². The van der Waals surface area contributed by atoms with Crippen LogP contribution in [0.1, 0.15) is 12.0 Å². The van der Waals surface area contributed by atoms with Crippen LogP contribution in [0.15, 0.2) is 42.7 Å². The van der Waals surface area contributed by atoms with Crippen molar-refractivity contribution in [3.63, 3.8) is 0 Å². The van der Waals surface area contributed by atoms with Gasteiger partial charge in [-0.3, -0.25) is 4.68 Å². The first kappa shape index (κ1) is 14.1. The number of carbonyl (C=O) groups is 1. The maximum absolute atomic E-state index is 11.5. The van der Waals surface area contributed by atoms with Crippen molar-refractivity contribution in [2.45, 2.75) is 13.0 Å². The van der Waals surface area contributed by atoms with Gasteiger partial charge in [0, 0.05) is 19.3 Å². The van der Waals surface area contributed by atoms with Gasteiger partial charge in [0.25, 0.3) is 0 Å². The highest BCUT2D eigenvalue weighted by molar-refractivity contribution is 5.88. The Kier molecular flexibility index (Phi) is 5.14. The largest absolute Gasteiger partial charge is 0.396 e. The predicted molar refractivity (Wildman–Crippen MR) is 76.5 cm³/mol. The van der Waals surface area contributed by atoms with E-state index in [0.29, 0.717) is 25.2 Å². The lowest BCUT2D eigenvalue weighted by atomic mass is 10.2. The fourth-order valence-corrected chi connectivity index (χ4v) is 1.74. The van der Waals surface area contributed by atoms with E-state index in [1.807, 2.05) is 30.3 Å². The minimum atomic E-state index is -0.294. The number of amides is 2. The van der Waals surface area contributed by atoms with Crippen LogP contribution < -0.4 is 10.6 Å². The number of aliphatic hydroxyl groups is 1. The number of hydrogen-bond acceptors (Lipinski definition) is 3. The molecule has 0 aliphatic heterocycles. The van der Waals surface area contributed by atoms with Gasteiger partial charge < -0.3 is 15.7 Å². The minimum absolute atomic E-state index is 0.0648. The molecular weight excluding hydrogens is 256 g/mol. The molecule has 3 N–H and O–H groups in total. The van der Waals surface area contributed by atoms with Crippen LogP contribution in [-0.2, 0) is 6.54 Å². The van der Waals surface area contributed by atoms with Crippen molar-refractivity contribution in [2.24, 2.45) is 0 Å². The van der Waals surface area contributed by atoms with Gasteiger partial charge in [-0.05, 0) is 12.0 Å². The van der Waals surface area contributed by atoms with Gasteiger partial charge in [0.1, 0.15) is 0 Å². The summed E-state index contributed by atoms with van der Waals surface area (Å²) in [7, 11) is 0. The van der Waals surface area contributed by atoms with E-state index >= 15 is 0 Å². The van der Waals surface area contributed by atoms with Gasteiger partial charge in [0.05, 0.1) is 18.4 Å². The van der Waals surface area contributed by atoms with Crippen LogP contribution in [0.5, 0.6) is 0 Å². The Morgan fingerprint density at radius 1 is 1.30 bits per heavy atom. The normalized spacial score (nSPS) is 10.2. The third-order valence-electron chi connectivity index (χ3n) is 2.70. The summed E-state index contributed by atoms with van der Waals surface area (Å²) in [5, 5.41) is 18.2. The first-order valence-electron chi connectivity index (χ1n) is 6.50. The molecule has 0 spiro atoms. The predicted octanol–water partition coefficient (Wildman–Crippen LogP) is 1.44. The summed E-state index contributed by atoms with van der Waals surface area (Å²) in [5.41, 5.74) is 1.79. The first-order chi connectivity index (χ1) is 9.78. The van der Waals surface area contributed by atoms with Crippen LogP contribution in [0.2, 0.25) is 0 Å². The van der Waals surface area contributed by atoms with Gasteiger partial charge in [-0.2, -0.15) is 5.10 Å². The molecule has 0 saturated carbocycles. The zero-order valence-corrected chi connectivity index (χ0v) is 11.1. The van der Waals surface area contributed by atoms with Crippen molar-refractivity contribution in [2.75, 3.05) is 18.5 Å². The van der Waals surface area contributed by atoms with Crippen LogP contribution in [0, 0.1) is 0 Å². The molecule has 0 bridgehead atoms. The minimum Gasteiger partial charge on any atom is -0.396 e. The topological polar surface area (TPSA) is 79.2 Å². The van der Waals surface area contributed by atoms with E-state index in [9.17, 15) is 4.79 Å². The second-order valence-electron chi connectivity index (χ2n) is 4.37. The summed E-state index contributed by atoms with van der Waals surface area (Å²) in [6.07, 6.45) is 3.92. The summed E-state index contributed by atoms with van der Waals surface area (Å²) < 4.78 is 1.76. The second-order valence-corrected chi connectivity index (χ2v) is 4.37. The average Bonchev–Trinajstić information content (AvgIpc) is 2.87. The van der Waals surface area contributed by atoms with Crippen LogP contribution in [0.4, 0.5) is 10.5 Å². The Morgan fingerprint density at radius 2 is 2.10 bits per heavy atom. The number of rotatable bonds is 6. The molecule has 2 rings (SSSR count). The molecule has 20 heavy (non-hydrogen) atoms. The second kappa shape index (κ2) is 7.30. The van der Waals surface area contributed by atoms with Gasteiger partial charge in [0.2, 0.25) is 0 Å². The third kappa shape index (κ3) is 4.40. The summed E-state index contributed by atoms with van der Waals surface area (Å²) in [6, 6.07) is 9.68. The molecule has 0 aliphatic rings. The molecule has 0 saturated heterocycles. The van der Waals surface area contributed by atoms with E-state index in [1.165, 1.54) is 0 Å². The van der Waals surface area contributed by atoms with Crippen molar-refractivity contribution in [3.05, 3.63) is 48.3 Å². The fraction of sp³-hybridized carbons (Fsp3) is 0.286. The van der Waals surface area contributed by atoms with Crippen molar-refractivity contribution in [3.8, 4) is 0 Å². The van der Waals surface area contributed by atoms with Crippen LogP contribution in [0.3, 0.4) is 0 Å². The number of nitrogens with zero attached hydrogens (tertiary/aromatic N) is 2. The van der Waals surface area contributed by atoms with Crippen LogP contribution >= 0.6 is 0 Å². The molecule has 1 aromatic carbocycles. The van der Waals surface area contributed by atoms with Crippen molar-refractivity contribution >= 4 is 11.7 Å². The Bertz CT molecular complexity index is 539. The molecule has 1 heterocycles. The number of aromatic nitrogens is 2. The van der Waals surface area contributed by atoms with Gasteiger partial charge in [-0.1, -0.05) is 30.3 Å². The molecule has 0 unspecified atom stereocenters. The van der Waals surface area contributed by atoms with Crippen LogP contribution in [0.25, 0.3) is 0 Å². The third-order valence-corrected chi connectivity index (χ3v) is 2.70. The molecule has 0 aliphatic carbocycles. The number of urea groups is 1. The molecule has 0 radical (unpaired) electrons. The highest BCUT2D eigenvalue weighted by atomic mass is 16.3. The van der Waals surface area contributed by atoms with E-state index < -0.39 is 0 Å². The van der Waals surface area contributed by atoms with Crippen molar-refractivity contribution in [1.29, 1.82) is 0 Å². The van der Waals surface area contributed by atoms with Gasteiger partial charge in [0.15, 0.2) is 0 Å². The number of carbonyl (C=O) groups excluding carboxylic acids is 1. The fourth-order valence-electron chi connectivity index (χ4n) is 1.74. The lowest BCUT2D eigenvalue weighted by Gasteiger charge is -2.04. The average molecular weight is 274 g/mol. The SMILES string of the molecule is O=C(NCCCO)Nc1cnn(Cc2ccccc2)c1. The Morgan fingerprint density at radius 3 is 2.85 bits per heavy atom. The molecule has 2 aromatic rings. The Balaban J connectivity index is 1.84. The molecule has 0 fully saturated rings. The standard InChI is InChI=1S/C14H18N4O2/c19-8-4-7-15-14(20)17-13-9-16-18(11-13)10-12-5-2-1-3-6-12/h1-3,5-6,9,11,19H,4,7-8,10H2,(H2,15,17,20). The number of nitrogens with one attached hydrogen (secondary N) is 2. The van der Waals surface area contributed by atoms with Crippen LogP contribution in [-0.4, -0.2) is 34.1 Å². The molecule has 0 atom stereocenters. The maximum Gasteiger partial charge on any atom is 0.319 e. The Labute approximate surface area is 117 Å². The van der Waals surface area contributed by atoms with E-state index in [2.05, 4.69) is 15.7 Å². The van der Waals surface area contributed by atoms with E-state index in [1.54, 1.807) is 17.1 Å². The quantitative estimate of drug-likeness (QED) is 0.697. The van der Waals surface area contributed by atoms with Gasteiger partial charge in [-0.15, -0.1) is 0 Å². The lowest BCUT2D eigenvalue weighted by molar-refractivity contribution is 0.249. The van der Waals surface area contributed by atoms with Gasteiger partial charge in [-0.25, -0.2) is 4.79 Å². The smallest absolute Gasteiger partial charge is 0.319 e. The maximum atomic E-state index is 11.5. The highest BCUT2D eigenvalue weighted by Crippen LogP contribution is 2.07. The number of benzene rings is 1. The molecule has 2 amide bonds. The summed E-state index contributed by atoms with van der Waals surface area (Å²) in [5.74, 6) is 0. The summed E-state index contributed by atoms with van der Waals surface area (Å²) >= 11 is 0. The summed E-state index contributed by atoms with van der Waals surface area (Å²) in [6.45, 7) is 1.17. The highest BCUT2D eigenvalue weighted by Gasteiger charge is 2.03. The van der Waals surface area contributed by atoms with Crippen molar-refractivity contribution in [1.82, 2.24) is 15.1 Å².